The van der Waals surface area contributed by atoms with Crippen LogP contribution >= 0.6 is 0 Å². The van der Waals surface area contributed by atoms with Crippen LogP contribution in [0.4, 0.5) is 0 Å². The van der Waals surface area contributed by atoms with Crippen LogP contribution in [0, 0.1) is 0 Å². The third-order valence-electron chi connectivity index (χ3n) is 1.48. The first-order valence-electron chi connectivity index (χ1n) is 5.57. The molecule has 0 N–H and O–H groups in total. The molecule has 0 spiro atoms. The first-order chi connectivity index (χ1) is 7.04. The maximum Gasteiger partial charge on any atom is 0.399 e. The van der Waals surface area contributed by atoms with Crippen LogP contribution in [0.25, 0.3) is 0 Å². The van der Waals surface area contributed by atoms with Crippen LogP contribution in [0.15, 0.2) is 0 Å². The molecule has 0 amide bonds. The predicted molar refractivity (Wildman–Crippen MR) is 62.0 cm³/mol. The molecule has 0 radical (unpaired) electrons. The molecule has 0 saturated heterocycles. The van der Waals surface area contributed by atoms with Gasteiger partial charge in [0.15, 0.2) is 0 Å². The molecule has 4 nitrogen and oxygen atoms in total. The summed E-state index contributed by atoms with van der Waals surface area (Å²) in [5, 5.41) is 0. The second-order valence-electron chi connectivity index (χ2n) is 2.93. The van der Waals surface area contributed by atoms with Crippen LogP contribution in [0.1, 0.15) is 53.4 Å². The van der Waals surface area contributed by atoms with Gasteiger partial charge in [-0.1, -0.05) is 39.5 Å². The molecule has 5 heteroatoms. The fraction of sp³-hybridized carbons (Fsp3) is 1.00. The summed E-state index contributed by atoms with van der Waals surface area (Å²) < 4.78 is 29.2. The van der Waals surface area contributed by atoms with Crippen LogP contribution in [0.3, 0.4) is 0 Å². The molecule has 0 aliphatic rings. The fourth-order valence-corrected chi connectivity index (χ4v) is 1.47. The average molecular weight is 240 g/mol. The minimum absolute atomic E-state index is 0.113. The number of unbranched alkanes of at least 4 members (excludes halogenated alkanes) is 3. The number of rotatable bonds is 7. The Morgan fingerprint density at radius 3 is 1.33 bits per heavy atom. The lowest BCUT2D eigenvalue weighted by Crippen LogP contribution is -2.09. The Hall–Kier alpha value is -0.130. The van der Waals surface area contributed by atoms with Crippen molar-refractivity contribution >= 4 is 10.4 Å². The van der Waals surface area contributed by atoms with Crippen LogP contribution in [-0.2, 0) is 18.8 Å². The summed E-state index contributed by atoms with van der Waals surface area (Å²) in [6.45, 7) is 7.85. The van der Waals surface area contributed by atoms with E-state index in [1.165, 1.54) is 25.7 Å². The van der Waals surface area contributed by atoms with E-state index in [9.17, 15) is 8.42 Å². The van der Waals surface area contributed by atoms with Crippen LogP contribution in [0.5, 0.6) is 0 Å². The van der Waals surface area contributed by atoms with Crippen molar-refractivity contribution in [3.05, 3.63) is 0 Å². The first kappa shape index (κ1) is 17.3. The molecule has 0 aliphatic carbocycles. The van der Waals surface area contributed by atoms with Gasteiger partial charge in [0.25, 0.3) is 0 Å². The van der Waals surface area contributed by atoms with Gasteiger partial charge in [0, 0.05) is 0 Å². The second kappa shape index (κ2) is 11.9. The van der Waals surface area contributed by atoms with Gasteiger partial charge >= 0.3 is 10.4 Å². The number of hydrogen-bond acceptors (Lipinski definition) is 4. The van der Waals surface area contributed by atoms with Gasteiger partial charge in [-0.2, -0.15) is 8.42 Å². The molecule has 0 aromatic rings. The molecule has 0 saturated carbocycles. The highest BCUT2D eigenvalue weighted by Gasteiger charge is 2.06. The third-order valence-corrected chi connectivity index (χ3v) is 2.53. The zero-order chi connectivity index (χ0) is 12.2. The summed E-state index contributed by atoms with van der Waals surface area (Å²) >= 11 is 0. The van der Waals surface area contributed by atoms with Gasteiger partial charge in [0.05, 0.1) is 13.2 Å². The van der Waals surface area contributed by atoms with E-state index in [0.29, 0.717) is 0 Å². The summed E-state index contributed by atoms with van der Waals surface area (Å²) in [4.78, 5) is 0. The average Bonchev–Trinajstić information content (AvgIpc) is 2.15. The van der Waals surface area contributed by atoms with E-state index in [1.807, 2.05) is 0 Å². The molecule has 0 bridgehead atoms. The highest BCUT2D eigenvalue weighted by Crippen LogP contribution is 1.95. The summed E-state index contributed by atoms with van der Waals surface area (Å²) in [6, 6.07) is 0. The minimum Gasteiger partial charge on any atom is -0.248 e. The Bertz CT molecular complexity index is 183. The Morgan fingerprint density at radius 1 is 0.800 bits per heavy atom. The van der Waals surface area contributed by atoms with Gasteiger partial charge in [0.2, 0.25) is 0 Å². The van der Waals surface area contributed by atoms with E-state index in [1.54, 1.807) is 13.8 Å². The SMILES string of the molecule is CCCCCC.CCOS(=O)(=O)OCC. The normalized spacial score (nSPS) is 10.7. The summed E-state index contributed by atoms with van der Waals surface area (Å²) in [5.41, 5.74) is 0. The van der Waals surface area contributed by atoms with E-state index >= 15 is 0 Å². The Kier molecular flexibility index (Phi) is 13.7. The van der Waals surface area contributed by atoms with Crippen molar-refractivity contribution in [3.8, 4) is 0 Å². The van der Waals surface area contributed by atoms with E-state index in [0.717, 1.165) is 0 Å². The van der Waals surface area contributed by atoms with Crippen molar-refractivity contribution in [2.24, 2.45) is 0 Å². The molecular formula is C10H24O4S. The predicted octanol–water partition coefficient (Wildman–Crippen LogP) is 2.89. The smallest absolute Gasteiger partial charge is 0.248 e. The van der Waals surface area contributed by atoms with Gasteiger partial charge in [0.1, 0.15) is 0 Å². The van der Waals surface area contributed by atoms with Gasteiger partial charge < -0.3 is 0 Å². The zero-order valence-electron chi connectivity index (χ0n) is 10.3. The molecule has 0 rings (SSSR count). The minimum atomic E-state index is -3.68. The fourth-order valence-electron chi connectivity index (χ4n) is 0.823. The molecular weight excluding hydrogens is 216 g/mol. The summed E-state index contributed by atoms with van der Waals surface area (Å²) in [5.74, 6) is 0. The van der Waals surface area contributed by atoms with Crippen LogP contribution < -0.4 is 0 Å². The standard InChI is InChI=1S/C6H14.C4H10O4S/c1-3-5-6-4-2;1-3-7-9(5,6)8-4-2/h3-6H2,1-2H3;3-4H2,1-2H3. The summed E-state index contributed by atoms with van der Waals surface area (Å²) in [6.07, 6.45) is 5.54. The third kappa shape index (κ3) is 16.5. The zero-order valence-corrected chi connectivity index (χ0v) is 11.1. The topological polar surface area (TPSA) is 52.6 Å². The lowest BCUT2D eigenvalue weighted by atomic mass is 10.2. The largest absolute Gasteiger partial charge is 0.399 e. The van der Waals surface area contributed by atoms with Crippen molar-refractivity contribution in [1.29, 1.82) is 0 Å². The van der Waals surface area contributed by atoms with Gasteiger partial charge in [-0.15, -0.1) is 0 Å². The Labute approximate surface area is 94.3 Å². The molecule has 0 unspecified atom stereocenters. The van der Waals surface area contributed by atoms with E-state index in [-0.39, 0.29) is 13.2 Å². The quantitative estimate of drug-likeness (QED) is 0.642. The first-order valence-corrected chi connectivity index (χ1v) is 6.91. The van der Waals surface area contributed by atoms with Crippen molar-refractivity contribution in [2.45, 2.75) is 53.4 Å². The highest BCUT2D eigenvalue weighted by molar-refractivity contribution is 7.81. The molecule has 0 heterocycles. The van der Waals surface area contributed by atoms with E-state index < -0.39 is 10.4 Å². The Morgan fingerprint density at radius 2 is 1.13 bits per heavy atom. The second-order valence-corrected chi connectivity index (χ2v) is 4.22. The lowest BCUT2D eigenvalue weighted by Gasteiger charge is -1.99. The molecule has 15 heavy (non-hydrogen) atoms. The van der Waals surface area contributed by atoms with Crippen molar-refractivity contribution in [2.75, 3.05) is 13.2 Å². The maximum absolute atomic E-state index is 10.4. The van der Waals surface area contributed by atoms with E-state index in [4.69, 9.17) is 0 Å². The monoisotopic (exact) mass is 240 g/mol. The molecule has 0 atom stereocenters. The van der Waals surface area contributed by atoms with Crippen molar-refractivity contribution in [1.82, 2.24) is 0 Å². The van der Waals surface area contributed by atoms with Crippen molar-refractivity contribution < 1.29 is 16.8 Å². The summed E-state index contributed by atoms with van der Waals surface area (Å²) in [7, 11) is -3.68. The molecule has 94 valence electrons. The molecule has 0 aromatic heterocycles. The molecule has 0 fully saturated rings. The Balaban J connectivity index is 0. The van der Waals surface area contributed by atoms with Crippen LogP contribution in [0.2, 0.25) is 0 Å². The maximum atomic E-state index is 10.4. The van der Waals surface area contributed by atoms with Gasteiger partial charge in [-0.3, -0.25) is 0 Å². The highest BCUT2D eigenvalue weighted by atomic mass is 32.3. The lowest BCUT2D eigenvalue weighted by molar-refractivity contribution is 0.231. The van der Waals surface area contributed by atoms with Gasteiger partial charge in [-0.05, 0) is 13.8 Å². The van der Waals surface area contributed by atoms with Crippen molar-refractivity contribution in [3.63, 3.8) is 0 Å². The molecule has 0 aliphatic heterocycles. The van der Waals surface area contributed by atoms with E-state index in [2.05, 4.69) is 22.2 Å². The number of hydrogen-bond donors (Lipinski definition) is 0. The molecule has 0 aromatic carbocycles. The van der Waals surface area contributed by atoms with Crippen LogP contribution in [-0.4, -0.2) is 21.6 Å². The van der Waals surface area contributed by atoms with Gasteiger partial charge in [-0.25, -0.2) is 8.37 Å².